The van der Waals surface area contributed by atoms with E-state index < -0.39 is 11.9 Å². The Kier molecular flexibility index (Phi) is 6.50. The molecule has 3 N–H and O–H groups in total. The molecular weight excluding hydrogens is 452 g/mol. The van der Waals surface area contributed by atoms with Crippen LogP contribution in [0, 0.1) is 17.8 Å². The van der Waals surface area contributed by atoms with Crippen LogP contribution in [-0.2, 0) is 16.6 Å². The third kappa shape index (κ3) is 4.84. The lowest BCUT2D eigenvalue weighted by Crippen LogP contribution is -2.48. The van der Waals surface area contributed by atoms with Gasteiger partial charge in [-0.3, -0.25) is 0 Å². The van der Waals surface area contributed by atoms with Crippen LogP contribution >= 0.6 is 0 Å². The van der Waals surface area contributed by atoms with Gasteiger partial charge in [0.15, 0.2) is 0 Å². The molecule has 4 aliphatic rings. The highest BCUT2D eigenvalue weighted by Gasteiger charge is 2.52. The number of phenols is 1. The van der Waals surface area contributed by atoms with Gasteiger partial charge in [0.1, 0.15) is 5.75 Å². The van der Waals surface area contributed by atoms with E-state index in [2.05, 4.69) is 12.1 Å². The number of phenolic OH excluding ortho intramolecular Hbond substituents is 1. The number of hydrogen-bond donors (Lipinski definition) is 3. The molecule has 2 aromatic rings. The second-order valence-corrected chi connectivity index (χ2v) is 11.3. The number of carboxylic acid groups (broad SMARTS) is 2. The van der Waals surface area contributed by atoms with Crippen molar-refractivity contribution in [3.05, 3.63) is 82.4 Å². The van der Waals surface area contributed by atoms with Crippen LogP contribution in [0.1, 0.15) is 78.9 Å². The van der Waals surface area contributed by atoms with Crippen molar-refractivity contribution in [2.24, 2.45) is 17.8 Å². The fourth-order valence-electron chi connectivity index (χ4n) is 7.59. The highest BCUT2D eigenvalue weighted by Crippen LogP contribution is 2.61. The van der Waals surface area contributed by atoms with Crippen LogP contribution in [0.2, 0.25) is 0 Å². The van der Waals surface area contributed by atoms with E-state index in [-0.39, 0.29) is 11.0 Å². The van der Waals surface area contributed by atoms with Gasteiger partial charge in [-0.2, -0.15) is 0 Å². The molecule has 4 fully saturated rings. The molecule has 0 radical (unpaired) electrons. The fourth-order valence-corrected chi connectivity index (χ4v) is 7.59. The van der Waals surface area contributed by atoms with Crippen molar-refractivity contribution in [3.63, 3.8) is 0 Å². The van der Waals surface area contributed by atoms with Gasteiger partial charge in [-0.1, -0.05) is 30.3 Å². The molecule has 6 rings (SSSR count). The lowest BCUT2D eigenvalue weighted by molar-refractivity contribution is -0.131. The molecule has 36 heavy (non-hydrogen) atoms. The Hall–Kier alpha value is -3.34. The van der Waals surface area contributed by atoms with Gasteiger partial charge in [0.05, 0.1) is 5.56 Å². The van der Waals surface area contributed by atoms with Crippen molar-refractivity contribution in [3.8, 4) is 5.75 Å². The second-order valence-electron chi connectivity index (χ2n) is 11.3. The minimum Gasteiger partial charge on any atom is -0.508 e. The quantitative estimate of drug-likeness (QED) is 0.288. The van der Waals surface area contributed by atoms with E-state index in [1.165, 1.54) is 44.6 Å². The number of aromatic hydroxyl groups is 1. The number of aryl methyl sites for hydroxylation is 1. The molecule has 0 spiro atoms. The van der Waals surface area contributed by atoms with Crippen molar-refractivity contribution in [1.82, 2.24) is 0 Å². The Labute approximate surface area is 212 Å². The van der Waals surface area contributed by atoms with E-state index in [4.69, 9.17) is 0 Å². The summed E-state index contributed by atoms with van der Waals surface area (Å²) in [5, 5.41) is 29.7. The number of benzene rings is 2. The lowest BCUT2D eigenvalue weighted by atomic mass is 9.48. The summed E-state index contributed by atoms with van der Waals surface area (Å²) in [5.41, 5.74) is 4.41. The third-order valence-electron chi connectivity index (χ3n) is 8.64. The van der Waals surface area contributed by atoms with Crippen molar-refractivity contribution < 1.29 is 24.9 Å². The average Bonchev–Trinajstić information content (AvgIpc) is 2.80. The number of aromatic carboxylic acids is 1. The maximum atomic E-state index is 11.4. The van der Waals surface area contributed by atoms with E-state index in [0.29, 0.717) is 35.3 Å². The highest BCUT2D eigenvalue weighted by atomic mass is 16.4. The van der Waals surface area contributed by atoms with Crippen molar-refractivity contribution in [2.75, 3.05) is 0 Å². The standard InChI is InChI=1S/C31H34O5/c1-19(10-29(33)34)26(24-5-3-6-25(15-24)30(35)36)7-2-4-20-8-9-27(28(32)14-20)31-16-21-11-22(17-31)13-23(12-21)18-31/h3,5-10,14-15,21-23,32H,2,4,11-13,16-18H2,1H3,(H,33,34)(H,35,36)/b19-10+,26-7-. The molecule has 0 aromatic heterocycles. The molecular formula is C31H34O5. The largest absolute Gasteiger partial charge is 0.508 e. The summed E-state index contributed by atoms with van der Waals surface area (Å²) >= 11 is 0. The SMILES string of the molecule is CC(=C\C(=O)O)/C(=C/CCc1ccc(C23CC4CC(CC(C4)C2)C3)c(O)c1)c1cccc(C(=O)O)c1. The summed E-state index contributed by atoms with van der Waals surface area (Å²) in [6.07, 6.45) is 12.2. The van der Waals surface area contributed by atoms with Gasteiger partial charge in [0.2, 0.25) is 0 Å². The van der Waals surface area contributed by atoms with Crippen LogP contribution in [0.3, 0.4) is 0 Å². The Morgan fingerprint density at radius 2 is 1.58 bits per heavy atom. The molecule has 4 bridgehead atoms. The second kappa shape index (κ2) is 9.61. The van der Waals surface area contributed by atoms with Gasteiger partial charge in [-0.15, -0.1) is 0 Å². The minimum absolute atomic E-state index is 0.151. The first kappa shape index (κ1) is 24.4. The van der Waals surface area contributed by atoms with Crippen molar-refractivity contribution in [1.29, 1.82) is 0 Å². The van der Waals surface area contributed by atoms with Gasteiger partial charge in [-0.05, 0) is 122 Å². The fraction of sp³-hybridized carbons (Fsp3) is 0.419. The smallest absolute Gasteiger partial charge is 0.335 e. The predicted molar refractivity (Wildman–Crippen MR) is 139 cm³/mol. The molecule has 0 atom stereocenters. The van der Waals surface area contributed by atoms with Crippen LogP contribution in [0.15, 0.2) is 60.2 Å². The first-order chi connectivity index (χ1) is 17.2. The van der Waals surface area contributed by atoms with Gasteiger partial charge in [-0.25, -0.2) is 9.59 Å². The Morgan fingerprint density at radius 1 is 0.944 bits per heavy atom. The van der Waals surface area contributed by atoms with E-state index in [0.717, 1.165) is 35.0 Å². The first-order valence-electron chi connectivity index (χ1n) is 13.0. The minimum atomic E-state index is -1.04. The average molecular weight is 487 g/mol. The predicted octanol–water partition coefficient (Wildman–Crippen LogP) is 6.61. The van der Waals surface area contributed by atoms with E-state index in [1.54, 1.807) is 25.1 Å². The Bertz CT molecular complexity index is 1220. The molecule has 5 nitrogen and oxygen atoms in total. The number of carbonyl (C=O) groups is 2. The number of hydrogen-bond acceptors (Lipinski definition) is 3. The van der Waals surface area contributed by atoms with Crippen molar-refractivity contribution >= 4 is 17.5 Å². The van der Waals surface area contributed by atoms with Crippen LogP contribution in [0.4, 0.5) is 0 Å². The molecule has 0 unspecified atom stereocenters. The molecule has 0 amide bonds. The summed E-state index contributed by atoms with van der Waals surface area (Å²) in [6.45, 7) is 1.72. The summed E-state index contributed by atoms with van der Waals surface area (Å²) in [7, 11) is 0. The molecule has 4 aliphatic carbocycles. The third-order valence-corrected chi connectivity index (χ3v) is 8.64. The first-order valence-corrected chi connectivity index (χ1v) is 13.0. The normalized spacial score (nSPS) is 27.3. The van der Waals surface area contributed by atoms with Crippen LogP contribution < -0.4 is 0 Å². The molecule has 0 heterocycles. The van der Waals surface area contributed by atoms with E-state index >= 15 is 0 Å². The monoisotopic (exact) mass is 486 g/mol. The number of rotatable bonds is 8. The molecule has 5 heteroatoms. The van der Waals surface area contributed by atoms with Gasteiger partial charge < -0.3 is 15.3 Å². The highest BCUT2D eigenvalue weighted by molar-refractivity contribution is 5.92. The van der Waals surface area contributed by atoms with E-state index in [1.807, 2.05) is 12.1 Å². The summed E-state index contributed by atoms with van der Waals surface area (Å²) in [4.78, 5) is 22.7. The van der Waals surface area contributed by atoms with Crippen LogP contribution in [0.25, 0.3) is 5.57 Å². The molecule has 4 saturated carbocycles. The summed E-state index contributed by atoms with van der Waals surface area (Å²) in [6, 6.07) is 12.7. The number of carboxylic acids is 2. The maximum Gasteiger partial charge on any atom is 0.335 e. The van der Waals surface area contributed by atoms with Gasteiger partial charge >= 0.3 is 11.9 Å². The molecule has 0 aliphatic heterocycles. The maximum absolute atomic E-state index is 11.4. The lowest BCUT2D eigenvalue weighted by Gasteiger charge is -2.57. The molecule has 188 valence electrons. The number of allylic oxidation sites excluding steroid dienone is 3. The molecule has 2 aromatic carbocycles. The van der Waals surface area contributed by atoms with Crippen LogP contribution in [0.5, 0.6) is 5.75 Å². The zero-order valence-corrected chi connectivity index (χ0v) is 20.7. The topological polar surface area (TPSA) is 94.8 Å². The van der Waals surface area contributed by atoms with E-state index in [9.17, 15) is 24.9 Å². The van der Waals surface area contributed by atoms with Gasteiger partial charge in [0.25, 0.3) is 0 Å². The summed E-state index contributed by atoms with van der Waals surface area (Å²) in [5.74, 6) is 0.806. The zero-order valence-electron chi connectivity index (χ0n) is 20.7. The molecule has 0 saturated heterocycles. The van der Waals surface area contributed by atoms with Crippen LogP contribution in [-0.4, -0.2) is 27.3 Å². The Balaban J connectivity index is 1.35. The Morgan fingerprint density at radius 3 is 2.17 bits per heavy atom. The number of aliphatic carboxylic acids is 1. The van der Waals surface area contributed by atoms with Crippen molar-refractivity contribution in [2.45, 2.75) is 63.7 Å². The zero-order chi connectivity index (χ0) is 25.4. The summed E-state index contributed by atoms with van der Waals surface area (Å²) < 4.78 is 0. The van der Waals surface area contributed by atoms with Gasteiger partial charge in [0, 0.05) is 11.6 Å².